The van der Waals surface area contributed by atoms with Gasteiger partial charge in [-0.3, -0.25) is 9.52 Å². The fourth-order valence-electron chi connectivity index (χ4n) is 3.06. The molecule has 156 valence electrons. The topological polar surface area (TPSA) is 105 Å². The molecule has 0 saturated carbocycles. The van der Waals surface area contributed by atoms with Crippen LogP contribution in [0.15, 0.2) is 41.3 Å². The molecule has 1 aliphatic rings. The number of benzene rings is 2. The van der Waals surface area contributed by atoms with Crippen molar-refractivity contribution in [1.82, 2.24) is 0 Å². The van der Waals surface area contributed by atoms with E-state index < -0.39 is 21.8 Å². The molecule has 0 aliphatic carbocycles. The van der Waals surface area contributed by atoms with Crippen molar-refractivity contribution >= 4 is 27.4 Å². The Morgan fingerprint density at radius 2 is 1.97 bits per heavy atom. The van der Waals surface area contributed by atoms with Crippen LogP contribution in [0, 0.1) is 5.82 Å². The number of sulfonamides is 1. The number of aliphatic carboxylic acids is 1. The Morgan fingerprint density at radius 1 is 1.24 bits per heavy atom. The molecule has 1 heterocycles. The fraction of sp³-hybridized carbons (Fsp3) is 0.316. The van der Waals surface area contributed by atoms with Crippen LogP contribution in [-0.2, 0) is 26.0 Å². The number of rotatable bonds is 7. The summed E-state index contributed by atoms with van der Waals surface area (Å²) in [5.41, 5.74) is 0.890. The van der Waals surface area contributed by atoms with Gasteiger partial charge in [0.1, 0.15) is 16.5 Å². The molecule has 1 saturated heterocycles. The van der Waals surface area contributed by atoms with Crippen LogP contribution in [0.2, 0.25) is 0 Å². The van der Waals surface area contributed by atoms with Crippen LogP contribution >= 0.6 is 0 Å². The average molecular weight is 424 g/mol. The van der Waals surface area contributed by atoms with Crippen LogP contribution in [0.25, 0.3) is 0 Å². The largest absolute Gasteiger partial charge is 0.495 e. The van der Waals surface area contributed by atoms with Crippen molar-refractivity contribution in [2.45, 2.75) is 11.3 Å². The first-order chi connectivity index (χ1) is 13.8. The molecule has 1 fully saturated rings. The van der Waals surface area contributed by atoms with Gasteiger partial charge >= 0.3 is 5.97 Å². The van der Waals surface area contributed by atoms with Crippen molar-refractivity contribution in [3.8, 4) is 5.75 Å². The van der Waals surface area contributed by atoms with Crippen LogP contribution in [0.3, 0.4) is 0 Å². The number of methoxy groups -OCH3 is 1. The summed E-state index contributed by atoms with van der Waals surface area (Å²) < 4.78 is 52.7. The lowest BCUT2D eigenvalue weighted by molar-refractivity contribution is -0.136. The number of carboxylic acids is 1. The zero-order chi connectivity index (χ0) is 21.0. The van der Waals surface area contributed by atoms with E-state index in [0.717, 1.165) is 6.07 Å². The molecular weight excluding hydrogens is 403 g/mol. The minimum atomic E-state index is -4.16. The first kappa shape index (κ1) is 20.9. The molecule has 29 heavy (non-hydrogen) atoms. The van der Waals surface area contributed by atoms with E-state index in [0.29, 0.717) is 37.6 Å². The molecule has 1 aliphatic heterocycles. The Bertz CT molecular complexity index is 1010. The number of halogens is 1. The van der Waals surface area contributed by atoms with Crippen molar-refractivity contribution in [3.05, 3.63) is 47.8 Å². The number of anilines is 2. The Morgan fingerprint density at radius 3 is 2.62 bits per heavy atom. The molecule has 0 spiro atoms. The molecule has 2 aromatic carbocycles. The summed E-state index contributed by atoms with van der Waals surface area (Å²) in [5, 5.41) is 8.96. The minimum Gasteiger partial charge on any atom is -0.495 e. The average Bonchev–Trinajstić information content (AvgIpc) is 2.67. The van der Waals surface area contributed by atoms with Gasteiger partial charge in [0.05, 0.1) is 32.4 Å². The number of carboxylic acid groups (broad SMARTS) is 1. The highest BCUT2D eigenvalue weighted by Crippen LogP contribution is 2.29. The molecule has 2 aromatic rings. The van der Waals surface area contributed by atoms with E-state index in [1.165, 1.54) is 31.4 Å². The lowest BCUT2D eigenvalue weighted by atomic mass is 10.1. The lowest BCUT2D eigenvalue weighted by Gasteiger charge is -2.29. The van der Waals surface area contributed by atoms with Gasteiger partial charge in [-0.1, -0.05) is 6.07 Å². The molecule has 10 heteroatoms. The molecule has 0 bridgehead atoms. The van der Waals surface area contributed by atoms with Crippen molar-refractivity contribution in [3.63, 3.8) is 0 Å². The van der Waals surface area contributed by atoms with Gasteiger partial charge in [0, 0.05) is 18.8 Å². The zero-order valence-electron chi connectivity index (χ0n) is 15.7. The smallest absolute Gasteiger partial charge is 0.307 e. The van der Waals surface area contributed by atoms with Crippen LogP contribution in [0.1, 0.15) is 5.56 Å². The van der Waals surface area contributed by atoms with Crippen molar-refractivity contribution in [2.24, 2.45) is 0 Å². The second-order valence-electron chi connectivity index (χ2n) is 6.46. The van der Waals surface area contributed by atoms with Crippen molar-refractivity contribution in [2.75, 3.05) is 43.0 Å². The van der Waals surface area contributed by atoms with E-state index in [9.17, 15) is 17.6 Å². The maximum Gasteiger partial charge on any atom is 0.307 e. The Kier molecular flexibility index (Phi) is 6.23. The van der Waals surface area contributed by atoms with Gasteiger partial charge in [-0.25, -0.2) is 12.8 Å². The summed E-state index contributed by atoms with van der Waals surface area (Å²) in [7, 11) is -2.85. The highest BCUT2D eigenvalue weighted by Gasteiger charge is 2.22. The third kappa shape index (κ3) is 5.15. The summed E-state index contributed by atoms with van der Waals surface area (Å²) in [6, 6.07) is 8.05. The van der Waals surface area contributed by atoms with E-state index in [1.807, 2.05) is 4.90 Å². The van der Waals surface area contributed by atoms with Gasteiger partial charge in [0.2, 0.25) is 0 Å². The fourth-order valence-corrected chi connectivity index (χ4v) is 4.32. The number of morpholine rings is 1. The molecule has 0 atom stereocenters. The predicted molar refractivity (Wildman–Crippen MR) is 105 cm³/mol. The minimum absolute atomic E-state index is 0.0523. The number of ether oxygens (including phenoxy) is 2. The van der Waals surface area contributed by atoms with Crippen LogP contribution in [-0.4, -0.2) is 52.9 Å². The number of hydrogen-bond acceptors (Lipinski definition) is 6. The summed E-state index contributed by atoms with van der Waals surface area (Å²) in [6.07, 6.45) is -0.340. The van der Waals surface area contributed by atoms with Gasteiger partial charge in [-0.2, -0.15) is 0 Å². The number of carbonyl (C=O) groups is 1. The summed E-state index contributed by atoms with van der Waals surface area (Å²) in [6.45, 7) is 2.15. The predicted octanol–water partition coefficient (Wildman–Crippen LogP) is 2.10. The third-order valence-electron chi connectivity index (χ3n) is 4.38. The van der Waals surface area contributed by atoms with Gasteiger partial charge in [-0.15, -0.1) is 0 Å². The van der Waals surface area contributed by atoms with Gasteiger partial charge in [-0.05, 0) is 35.9 Å². The SMILES string of the molecule is COc1ccc(CC(=O)O)cc1S(=O)(=O)Nc1cc(F)cc(N2CCOCC2)c1. The number of nitrogens with one attached hydrogen (secondary N) is 1. The third-order valence-corrected chi connectivity index (χ3v) is 5.79. The highest BCUT2D eigenvalue weighted by molar-refractivity contribution is 7.92. The van der Waals surface area contributed by atoms with Crippen LogP contribution in [0.4, 0.5) is 15.8 Å². The van der Waals surface area contributed by atoms with E-state index in [2.05, 4.69) is 4.72 Å². The van der Waals surface area contributed by atoms with E-state index in [-0.39, 0.29) is 22.8 Å². The Labute approximate surface area is 167 Å². The highest BCUT2D eigenvalue weighted by atomic mass is 32.2. The van der Waals surface area contributed by atoms with Crippen LogP contribution in [0.5, 0.6) is 5.75 Å². The maximum atomic E-state index is 14.1. The number of hydrogen-bond donors (Lipinski definition) is 2. The van der Waals surface area contributed by atoms with Crippen molar-refractivity contribution < 1.29 is 32.2 Å². The lowest BCUT2D eigenvalue weighted by Crippen LogP contribution is -2.36. The Balaban J connectivity index is 1.93. The zero-order valence-corrected chi connectivity index (χ0v) is 16.5. The molecule has 0 radical (unpaired) electrons. The molecule has 0 amide bonds. The number of nitrogens with zero attached hydrogens (tertiary/aromatic N) is 1. The summed E-state index contributed by atoms with van der Waals surface area (Å²) in [4.78, 5) is 12.6. The van der Waals surface area contributed by atoms with E-state index in [1.54, 1.807) is 6.07 Å². The standard InChI is InChI=1S/C19H21FN2O6S/c1-27-17-3-2-13(9-19(23)24)8-18(17)29(25,26)21-15-10-14(20)11-16(12-15)22-4-6-28-7-5-22/h2-3,8,10-12,21H,4-7,9H2,1H3,(H,23,24). The van der Waals surface area contributed by atoms with Gasteiger partial charge < -0.3 is 19.5 Å². The van der Waals surface area contributed by atoms with E-state index >= 15 is 0 Å². The molecule has 3 rings (SSSR count). The van der Waals surface area contributed by atoms with E-state index in [4.69, 9.17) is 14.6 Å². The first-order valence-electron chi connectivity index (χ1n) is 8.83. The second kappa shape index (κ2) is 8.66. The second-order valence-corrected chi connectivity index (χ2v) is 8.11. The Hall–Kier alpha value is -2.85. The quantitative estimate of drug-likeness (QED) is 0.701. The molecule has 8 nitrogen and oxygen atoms in total. The maximum absolute atomic E-state index is 14.1. The summed E-state index contributed by atoms with van der Waals surface area (Å²) >= 11 is 0. The van der Waals surface area contributed by atoms with Crippen LogP contribution < -0.4 is 14.4 Å². The monoisotopic (exact) mass is 424 g/mol. The molecule has 2 N–H and O–H groups in total. The van der Waals surface area contributed by atoms with Crippen molar-refractivity contribution in [1.29, 1.82) is 0 Å². The first-order valence-corrected chi connectivity index (χ1v) is 10.3. The normalized spacial score (nSPS) is 14.5. The molecule has 0 aromatic heterocycles. The van der Waals surface area contributed by atoms with Gasteiger partial charge in [0.15, 0.2) is 0 Å². The van der Waals surface area contributed by atoms with Gasteiger partial charge in [0.25, 0.3) is 10.0 Å². The summed E-state index contributed by atoms with van der Waals surface area (Å²) in [5.74, 6) is -1.62. The molecular formula is C19H21FN2O6S. The molecule has 0 unspecified atom stereocenters.